The number of benzene rings is 2. The second kappa shape index (κ2) is 8.20. The van der Waals surface area contributed by atoms with Crippen molar-refractivity contribution in [1.82, 2.24) is 4.31 Å². The molecule has 0 unspecified atom stereocenters. The fourth-order valence-corrected chi connectivity index (χ4v) is 5.20. The van der Waals surface area contributed by atoms with Crippen molar-refractivity contribution in [2.24, 2.45) is 0 Å². The third-order valence-corrected chi connectivity index (χ3v) is 6.90. The van der Waals surface area contributed by atoms with E-state index in [-0.39, 0.29) is 10.8 Å². The van der Waals surface area contributed by atoms with Gasteiger partial charge in [0.2, 0.25) is 15.9 Å². The number of rotatable bonds is 6. The number of ether oxygens (including phenoxy) is 2. The molecule has 0 saturated carbocycles. The quantitative estimate of drug-likeness (QED) is 0.800. The van der Waals surface area contributed by atoms with Crippen molar-refractivity contribution in [1.29, 1.82) is 0 Å². The lowest BCUT2D eigenvalue weighted by molar-refractivity contribution is -0.119. The third kappa shape index (κ3) is 3.98. The standard InChI is InChI=1S/C20H24N2O5S/c1-14-6-9-17(27-3)13-19(14)28(24,25)22-12-4-5-18(22)20(23)21-15-7-10-16(26-2)11-8-15/h6-11,13,18H,4-5,12H2,1-3H3,(H,21,23)/t18-/m0/s1. The van der Waals surface area contributed by atoms with Gasteiger partial charge in [0.25, 0.3) is 0 Å². The van der Waals surface area contributed by atoms with Crippen molar-refractivity contribution in [3.05, 3.63) is 48.0 Å². The summed E-state index contributed by atoms with van der Waals surface area (Å²) in [5.41, 5.74) is 1.20. The van der Waals surface area contributed by atoms with E-state index in [0.717, 1.165) is 0 Å². The van der Waals surface area contributed by atoms with Crippen LogP contribution in [0.1, 0.15) is 18.4 Å². The number of methoxy groups -OCH3 is 2. The summed E-state index contributed by atoms with van der Waals surface area (Å²) in [6.45, 7) is 2.04. The summed E-state index contributed by atoms with van der Waals surface area (Å²) in [6.07, 6.45) is 1.10. The molecule has 1 aliphatic rings. The maximum Gasteiger partial charge on any atom is 0.244 e. The first-order valence-corrected chi connectivity index (χ1v) is 10.4. The molecule has 0 aromatic heterocycles. The molecule has 1 saturated heterocycles. The van der Waals surface area contributed by atoms with Crippen LogP contribution in [-0.2, 0) is 14.8 Å². The van der Waals surface area contributed by atoms with Crippen molar-refractivity contribution in [3.63, 3.8) is 0 Å². The molecule has 0 aliphatic carbocycles. The van der Waals surface area contributed by atoms with E-state index in [4.69, 9.17) is 9.47 Å². The second-order valence-electron chi connectivity index (χ2n) is 6.62. The number of carbonyl (C=O) groups is 1. The normalized spacial score (nSPS) is 17.3. The first-order valence-electron chi connectivity index (χ1n) is 8.98. The Hall–Kier alpha value is -2.58. The average Bonchev–Trinajstić information content (AvgIpc) is 3.20. The summed E-state index contributed by atoms with van der Waals surface area (Å²) in [7, 11) is -0.774. The molecule has 1 N–H and O–H groups in total. The maximum atomic E-state index is 13.2. The molecule has 1 fully saturated rings. The van der Waals surface area contributed by atoms with Crippen LogP contribution in [0.4, 0.5) is 5.69 Å². The summed E-state index contributed by atoms with van der Waals surface area (Å²) in [5.74, 6) is 0.797. The molecule has 8 heteroatoms. The molecule has 1 atom stereocenters. The first-order chi connectivity index (χ1) is 13.4. The smallest absolute Gasteiger partial charge is 0.244 e. The Morgan fingerprint density at radius 2 is 1.71 bits per heavy atom. The highest BCUT2D eigenvalue weighted by Crippen LogP contribution is 2.30. The van der Waals surface area contributed by atoms with Gasteiger partial charge in [-0.25, -0.2) is 8.42 Å². The van der Waals surface area contributed by atoms with Crippen LogP contribution in [0.5, 0.6) is 11.5 Å². The molecule has 0 bridgehead atoms. The Kier molecular flexibility index (Phi) is 5.90. The predicted octanol–water partition coefficient (Wildman–Crippen LogP) is 2.80. The number of amides is 1. The van der Waals surface area contributed by atoms with Gasteiger partial charge >= 0.3 is 0 Å². The van der Waals surface area contributed by atoms with Crippen molar-refractivity contribution in [3.8, 4) is 11.5 Å². The Morgan fingerprint density at radius 1 is 1.07 bits per heavy atom. The summed E-state index contributed by atoms with van der Waals surface area (Å²) >= 11 is 0. The van der Waals surface area contributed by atoms with Gasteiger partial charge in [-0.3, -0.25) is 4.79 Å². The lowest BCUT2D eigenvalue weighted by Gasteiger charge is -2.24. The molecule has 3 rings (SSSR count). The lowest BCUT2D eigenvalue weighted by Crippen LogP contribution is -2.43. The minimum absolute atomic E-state index is 0.163. The third-order valence-electron chi connectivity index (χ3n) is 4.85. The van der Waals surface area contributed by atoms with E-state index in [1.165, 1.54) is 17.5 Å². The van der Waals surface area contributed by atoms with Gasteiger partial charge < -0.3 is 14.8 Å². The van der Waals surface area contributed by atoms with Gasteiger partial charge in [-0.05, 0) is 55.7 Å². The van der Waals surface area contributed by atoms with Gasteiger partial charge in [-0.15, -0.1) is 0 Å². The van der Waals surface area contributed by atoms with Crippen LogP contribution in [0.15, 0.2) is 47.4 Å². The molecule has 1 amide bonds. The molecule has 0 spiro atoms. The van der Waals surface area contributed by atoms with Gasteiger partial charge in [0.05, 0.1) is 19.1 Å². The van der Waals surface area contributed by atoms with Gasteiger partial charge in [0.1, 0.15) is 17.5 Å². The van der Waals surface area contributed by atoms with Crippen molar-refractivity contribution in [2.45, 2.75) is 30.7 Å². The first kappa shape index (κ1) is 20.2. The van der Waals surface area contributed by atoms with Crippen LogP contribution in [0.3, 0.4) is 0 Å². The van der Waals surface area contributed by atoms with Crippen molar-refractivity contribution >= 4 is 21.6 Å². The number of sulfonamides is 1. The Morgan fingerprint density at radius 3 is 2.36 bits per heavy atom. The zero-order valence-corrected chi connectivity index (χ0v) is 17.0. The van der Waals surface area contributed by atoms with Gasteiger partial charge in [0, 0.05) is 18.3 Å². The Balaban J connectivity index is 1.84. The molecule has 1 aliphatic heterocycles. The van der Waals surface area contributed by atoms with Gasteiger partial charge in [-0.1, -0.05) is 6.07 Å². The average molecular weight is 404 g/mol. The van der Waals surface area contributed by atoms with Crippen LogP contribution >= 0.6 is 0 Å². The SMILES string of the molecule is COc1ccc(NC(=O)[C@@H]2CCCN2S(=O)(=O)c2cc(OC)ccc2C)cc1. The molecule has 2 aromatic rings. The number of carbonyl (C=O) groups excluding carboxylic acids is 1. The van der Waals surface area contributed by atoms with Crippen LogP contribution < -0.4 is 14.8 Å². The number of nitrogens with one attached hydrogen (secondary N) is 1. The van der Waals surface area contributed by atoms with E-state index in [2.05, 4.69) is 5.32 Å². The zero-order valence-electron chi connectivity index (χ0n) is 16.1. The number of anilines is 1. The molecular formula is C20H24N2O5S. The highest BCUT2D eigenvalue weighted by atomic mass is 32.2. The Bertz CT molecular complexity index is 957. The molecule has 2 aromatic carbocycles. The minimum atomic E-state index is -3.83. The Labute approximate surface area is 165 Å². The van der Waals surface area contributed by atoms with Crippen molar-refractivity contribution in [2.75, 3.05) is 26.1 Å². The molecule has 7 nitrogen and oxygen atoms in total. The van der Waals surface area contributed by atoms with E-state index in [1.54, 1.807) is 50.4 Å². The summed E-state index contributed by atoms with van der Waals surface area (Å²) in [5, 5.41) is 2.80. The second-order valence-corrected chi connectivity index (χ2v) is 8.48. The lowest BCUT2D eigenvalue weighted by atomic mass is 10.2. The van der Waals surface area contributed by atoms with Crippen LogP contribution in [0, 0.1) is 6.92 Å². The highest BCUT2D eigenvalue weighted by Gasteiger charge is 2.40. The van der Waals surface area contributed by atoms with E-state index in [9.17, 15) is 13.2 Å². The highest BCUT2D eigenvalue weighted by molar-refractivity contribution is 7.89. The molecule has 0 radical (unpaired) electrons. The summed E-state index contributed by atoms with van der Waals surface area (Å²) in [4.78, 5) is 13.0. The van der Waals surface area contributed by atoms with E-state index in [1.807, 2.05) is 0 Å². The predicted molar refractivity (Wildman–Crippen MR) is 106 cm³/mol. The molecular weight excluding hydrogens is 380 g/mol. The van der Waals surface area contributed by atoms with Crippen LogP contribution in [0.2, 0.25) is 0 Å². The van der Waals surface area contributed by atoms with Crippen LogP contribution in [-0.4, -0.2) is 45.4 Å². The molecule has 150 valence electrons. The van der Waals surface area contributed by atoms with E-state index in [0.29, 0.717) is 42.1 Å². The number of hydrogen-bond acceptors (Lipinski definition) is 5. The van der Waals surface area contributed by atoms with Crippen LogP contribution in [0.25, 0.3) is 0 Å². The van der Waals surface area contributed by atoms with Gasteiger partial charge in [-0.2, -0.15) is 4.31 Å². The molecule has 28 heavy (non-hydrogen) atoms. The van der Waals surface area contributed by atoms with E-state index >= 15 is 0 Å². The maximum absolute atomic E-state index is 13.2. The number of nitrogens with zero attached hydrogens (tertiary/aromatic N) is 1. The minimum Gasteiger partial charge on any atom is -0.497 e. The summed E-state index contributed by atoms with van der Waals surface area (Å²) < 4.78 is 38.1. The largest absolute Gasteiger partial charge is 0.497 e. The van der Waals surface area contributed by atoms with E-state index < -0.39 is 16.1 Å². The number of hydrogen-bond donors (Lipinski definition) is 1. The fraction of sp³-hybridized carbons (Fsp3) is 0.350. The summed E-state index contributed by atoms with van der Waals surface area (Å²) in [6, 6.07) is 11.1. The monoisotopic (exact) mass is 404 g/mol. The topological polar surface area (TPSA) is 84.9 Å². The van der Waals surface area contributed by atoms with Crippen molar-refractivity contribution < 1.29 is 22.7 Å². The number of aryl methyl sites for hydroxylation is 1. The fourth-order valence-electron chi connectivity index (χ4n) is 3.30. The molecule has 1 heterocycles. The van der Waals surface area contributed by atoms with Gasteiger partial charge in [0.15, 0.2) is 0 Å². The zero-order chi connectivity index (χ0) is 20.3.